The highest BCUT2D eigenvalue weighted by Gasteiger charge is 2.40. The van der Waals surface area contributed by atoms with Crippen molar-refractivity contribution < 1.29 is 20.4 Å². The normalized spacial score (nSPS) is 27.2. The van der Waals surface area contributed by atoms with Gasteiger partial charge in [-0.1, -0.05) is 31.2 Å². The van der Waals surface area contributed by atoms with Crippen molar-refractivity contribution in [3.8, 4) is 11.5 Å². The maximum Gasteiger partial charge on any atom is 0.115 e. The number of phenols is 2. The molecule has 1 fully saturated rings. The van der Waals surface area contributed by atoms with E-state index in [1.54, 1.807) is 24.3 Å². The Hall–Kier alpha value is -2.04. The number of aromatic hydroxyl groups is 2. The zero-order chi connectivity index (χ0) is 18.7. The Labute approximate surface area is 154 Å². The number of aliphatic hydroxyl groups excluding tert-OH is 1. The van der Waals surface area contributed by atoms with Crippen molar-refractivity contribution in [1.82, 2.24) is 0 Å². The number of phenolic OH excluding ortho intramolecular Hbond substituents is 2. The van der Waals surface area contributed by atoms with Gasteiger partial charge in [-0.3, -0.25) is 0 Å². The standard InChI is InChI=1S/C22H28O4/c1-15(12-16-2-6-18(23)7-3-16)20-10-11-22(26,14-21(20)25)13-17-4-8-19(24)9-5-17/h2-9,15,20-21,23-26H,10-14H2,1H3. The fraction of sp³-hybridized carbons (Fsp3) is 0.455. The van der Waals surface area contributed by atoms with Crippen molar-refractivity contribution in [1.29, 1.82) is 0 Å². The summed E-state index contributed by atoms with van der Waals surface area (Å²) in [6.07, 6.45) is 2.63. The predicted molar refractivity (Wildman–Crippen MR) is 101 cm³/mol. The van der Waals surface area contributed by atoms with Crippen molar-refractivity contribution in [2.75, 3.05) is 0 Å². The molecule has 26 heavy (non-hydrogen) atoms. The molecule has 0 aliphatic heterocycles. The van der Waals surface area contributed by atoms with Crippen LogP contribution in [0.3, 0.4) is 0 Å². The zero-order valence-electron chi connectivity index (χ0n) is 15.2. The summed E-state index contributed by atoms with van der Waals surface area (Å²) in [7, 11) is 0. The van der Waals surface area contributed by atoms with Gasteiger partial charge in [0.2, 0.25) is 0 Å². The molecule has 4 atom stereocenters. The molecule has 4 N–H and O–H groups in total. The highest BCUT2D eigenvalue weighted by Crippen LogP contribution is 2.39. The Morgan fingerprint density at radius 2 is 1.50 bits per heavy atom. The summed E-state index contributed by atoms with van der Waals surface area (Å²) in [5, 5.41) is 40.4. The molecule has 4 nitrogen and oxygen atoms in total. The van der Waals surface area contributed by atoms with Gasteiger partial charge < -0.3 is 20.4 Å². The molecule has 1 aliphatic rings. The van der Waals surface area contributed by atoms with Crippen molar-refractivity contribution in [2.45, 2.75) is 50.7 Å². The van der Waals surface area contributed by atoms with Gasteiger partial charge in [-0.25, -0.2) is 0 Å². The van der Waals surface area contributed by atoms with E-state index in [2.05, 4.69) is 6.92 Å². The molecule has 0 bridgehead atoms. The highest BCUT2D eigenvalue weighted by molar-refractivity contribution is 5.27. The average molecular weight is 356 g/mol. The van der Waals surface area contributed by atoms with E-state index < -0.39 is 11.7 Å². The minimum Gasteiger partial charge on any atom is -0.508 e. The second-order valence-corrected chi connectivity index (χ2v) is 7.89. The van der Waals surface area contributed by atoms with Crippen LogP contribution in [-0.2, 0) is 12.8 Å². The third-order valence-electron chi connectivity index (χ3n) is 5.72. The van der Waals surface area contributed by atoms with Crippen LogP contribution in [-0.4, -0.2) is 32.1 Å². The molecule has 0 heterocycles. The lowest BCUT2D eigenvalue weighted by Gasteiger charge is -2.42. The molecule has 0 radical (unpaired) electrons. The van der Waals surface area contributed by atoms with Crippen LogP contribution in [0.4, 0.5) is 0 Å². The lowest BCUT2D eigenvalue weighted by molar-refractivity contribution is -0.0801. The molecule has 140 valence electrons. The first-order chi connectivity index (χ1) is 12.3. The minimum absolute atomic E-state index is 0.156. The van der Waals surface area contributed by atoms with Gasteiger partial charge in [-0.05, 0) is 66.5 Å². The minimum atomic E-state index is -0.898. The Morgan fingerprint density at radius 1 is 0.962 bits per heavy atom. The quantitative estimate of drug-likeness (QED) is 0.662. The first-order valence-corrected chi connectivity index (χ1v) is 9.31. The molecule has 4 unspecified atom stereocenters. The highest BCUT2D eigenvalue weighted by atomic mass is 16.3. The molecule has 1 aliphatic carbocycles. The summed E-state index contributed by atoms with van der Waals surface area (Å²) < 4.78 is 0. The van der Waals surface area contributed by atoms with Gasteiger partial charge >= 0.3 is 0 Å². The molecule has 0 aromatic heterocycles. The maximum atomic E-state index is 10.9. The fourth-order valence-corrected chi connectivity index (χ4v) is 4.24. The molecule has 2 aromatic rings. The summed E-state index contributed by atoms with van der Waals surface area (Å²) in [6, 6.07) is 14.1. The number of hydrogen-bond acceptors (Lipinski definition) is 4. The zero-order valence-corrected chi connectivity index (χ0v) is 15.2. The summed E-state index contributed by atoms with van der Waals surface area (Å²) >= 11 is 0. The Bertz CT molecular complexity index is 710. The van der Waals surface area contributed by atoms with Gasteiger partial charge in [0.05, 0.1) is 11.7 Å². The summed E-state index contributed by atoms with van der Waals surface area (Å²) in [5.41, 5.74) is 1.21. The SMILES string of the molecule is CC(Cc1ccc(O)cc1)C1CCC(O)(Cc2ccc(O)cc2)CC1O. The van der Waals surface area contributed by atoms with E-state index in [4.69, 9.17) is 0 Å². The first-order valence-electron chi connectivity index (χ1n) is 9.31. The van der Waals surface area contributed by atoms with Crippen LogP contribution in [0, 0.1) is 11.8 Å². The molecule has 4 heteroatoms. The second kappa shape index (κ2) is 7.68. The van der Waals surface area contributed by atoms with Crippen LogP contribution in [0.2, 0.25) is 0 Å². The van der Waals surface area contributed by atoms with Crippen LogP contribution in [0.1, 0.15) is 37.3 Å². The van der Waals surface area contributed by atoms with E-state index in [1.807, 2.05) is 24.3 Å². The van der Waals surface area contributed by atoms with Crippen LogP contribution in [0.5, 0.6) is 11.5 Å². The van der Waals surface area contributed by atoms with Gasteiger partial charge in [-0.15, -0.1) is 0 Å². The molecule has 2 aromatic carbocycles. The molecule has 0 spiro atoms. The Kier molecular flexibility index (Phi) is 5.54. The molecular formula is C22H28O4. The third-order valence-corrected chi connectivity index (χ3v) is 5.72. The number of rotatable bonds is 5. The van der Waals surface area contributed by atoms with Crippen LogP contribution >= 0.6 is 0 Å². The maximum absolute atomic E-state index is 10.9. The molecule has 0 saturated heterocycles. The van der Waals surface area contributed by atoms with E-state index in [0.29, 0.717) is 25.2 Å². The van der Waals surface area contributed by atoms with Gasteiger partial charge in [0.25, 0.3) is 0 Å². The lowest BCUT2D eigenvalue weighted by Crippen LogP contribution is -2.45. The number of benzene rings is 2. The summed E-state index contributed by atoms with van der Waals surface area (Å²) in [5.74, 6) is 0.933. The largest absolute Gasteiger partial charge is 0.508 e. The van der Waals surface area contributed by atoms with Gasteiger partial charge in [0, 0.05) is 12.8 Å². The molecular weight excluding hydrogens is 328 g/mol. The fourth-order valence-electron chi connectivity index (χ4n) is 4.24. The van der Waals surface area contributed by atoms with E-state index in [9.17, 15) is 20.4 Å². The summed E-state index contributed by atoms with van der Waals surface area (Å²) in [6.45, 7) is 2.14. The molecule has 3 rings (SSSR count). The van der Waals surface area contributed by atoms with E-state index >= 15 is 0 Å². The van der Waals surface area contributed by atoms with Gasteiger partial charge in [0.1, 0.15) is 11.5 Å². The Balaban J connectivity index is 1.60. The van der Waals surface area contributed by atoms with Crippen molar-refractivity contribution in [2.24, 2.45) is 11.8 Å². The van der Waals surface area contributed by atoms with E-state index in [0.717, 1.165) is 24.0 Å². The molecule has 0 amide bonds. The van der Waals surface area contributed by atoms with Crippen molar-refractivity contribution >= 4 is 0 Å². The smallest absolute Gasteiger partial charge is 0.115 e. The first kappa shape index (κ1) is 18.7. The number of hydrogen-bond donors (Lipinski definition) is 4. The van der Waals surface area contributed by atoms with Gasteiger partial charge in [-0.2, -0.15) is 0 Å². The van der Waals surface area contributed by atoms with Gasteiger partial charge in [0.15, 0.2) is 0 Å². The number of aliphatic hydroxyl groups is 2. The average Bonchev–Trinajstić information content (AvgIpc) is 2.59. The van der Waals surface area contributed by atoms with Crippen LogP contribution in [0.15, 0.2) is 48.5 Å². The Morgan fingerprint density at radius 3 is 2.04 bits per heavy atom. The topological polar surface area (TPSA) is 80.9 Å². The summed E-state index contributed by atoms with van der Waals surface area (Å²) in [4.78, 5) is 0. The predicted octanol–water partition coefficient (Wildman–Crippen LogP) is 3.41. The lowest BCUT2D eigenvalue weighted by atomic mass is 9.69. The van der Waals surface area contributed by atoms with E-state index in [-0.39, 0.29) is 17.4 Å². The van der Waals surface area contributed by atoms with Crippen LogP contribution < -0.4 is 0 Å². The third kappa shape index (κ3) is 4.57. The van der Waals surface area contributed by atoms with E-state index in [1.165, 1.54) is 0 Å². The monoisotopic (exact) mass is 356 g/mol. The molecule has 1 saturated carbocycles. The van der Waals surface area contributed by atoms with Crippen molar-refractivity contribution in [3.63, 3.8) is 0 Å². The second-order valence-electron chi connectivity index (χ2n) is 7.89. The van der Waals surface area contributed by atoms with Crippen LogP contribution in [0.25, 0.3) is 0 Å². The van der Waals surface area contributed by atoms with Crippen molar-refractivity contribution in [3.05, 3.63) is 59.7 Å².